The lowest BCUT2D eigenvalue weighted by Crippen LogP contribution is -1.98. The van der Waals surface area contributed by atoms with Crippen molar-refractivity contribution in [1.82, 2.24) is 0 Å². The smallest absolute Gasteiger partial charge is 0.156 e. The van der Waals surface area contributed by atoms with Gasteiger partial charge in [-0.3, -0.25) is 0 Å². The normalized spacial score (nSPS) is 21.7. The van der Waals surface area contributed by atoms with Crippen molar-refractivity contribution in [1.29, 1.82) is 0 Å². The number of rotatable bonds is 1. The van der Waals surface area contributed by atoms with Crippen LogP contribution in [0.3, 0.4) is 0 Å². The zero-order valence-electron chi connectivity index (χ0n) is 6.60. The van der Waals surface area contributed by atoms with Gasteiger partial charge in [-0.2, -0.15) is 0 Å². The van der Waals surface area contributed by atoms with Gasteiger partial charge >= 0.3 is 0 Å². The van der Waals surface area contributed by atoms with Gasteiger partial charge in [0.15, 0.2) is 6.10 Å². The Hall–Kier alpha value is -1.25. The Balaban J connectivity index is 2.14. The van der Waals surface area contributed by atoms with Gasteiger partial charge < -0.3 is 4.84 Å². The molecule has 1 aliphatic heterocycles. The Morgan fingerprint density at radius 1 is 1.33 bits per heavy atom. The van der Waals surface area contributed by atoms with Crippen LogP contribution in [0.25, 0.3) is 0 Å². The average Bonchev–Trinajstić information content (AvgIpc) is 2.54. The fourth-order valence-electron chi connectivity index (χ4n) is 1.24. The van der Waals surface area contributed by atoms with Gasteiger partial charge in [0.1, 0.15) is 7.85 Å². The van der Waals surface area contributed by atoms with E-state index >= 15 is 0 Å². The molecule has 2 rings (SSSR count). The molecule has 0 amide bonds. The van der Waals surface area contributed by atoms with E-state index in [0.29, 0.717) is 12.0 Å². The van der Waals surface area contributed by atoms with Crippen LogP contribution in [0.5, 0.6) is 0 Å². The van der Waals surface area contributed by atoms with Gasteiger partial charge in [-0.1, -0.05) is 30.3 Å². The van der Waals surface area contributed by atoms with Crippen LogP contribution in [-0.4, -0.2) is 13.5 Å². The standard InChI is InChI=1S/C9H8BNO/c10-9-6-8(12-11-9)7-4-2-1-3-5-7/h1-5,8H,6H2. The number of nitrogens with zero attached hydrogens (tertiary/aromatic N) is 1. The van der Waals surface area contributed by atoms with Crippen molar-refractivity contribution in [2.45, 2.75) is 12.5 Å². The molecule has 0 saturated heterocycles. The van der Waals surface area contributed by atoms with Gasteiger partial charge in [0.05, 0.1) is 0 Å². The first-order valence-corrected chi connectivity index (χ1v) is 3.89. The number of benzene rings is 1. The van der Waals surface area contributed by atoms with Gasteiger partial charge in [-0.25, -0.2) is 0 Å². The van der Waals surface area contributed by atoms with Gasteiger partial charge in [0, 0.05) is 12.0 Å². The van der Waals surface area contributed by atoms with Crippen LogP contribution in [0.1, 0.15) is 18.1 Å². The molecule has 0 aliphatic carbocycles. The van der Waals surface area contributed by atoms with Crippen LogP contribution >= 0.6 is 0 Å². The molecule has 12 heavy (non-hydrogen) atoms. The molecule has 1 aromatic carbocycles. The van der Waals surface area contributed by atoms with E-state index in [2.05, 4.69) is 5.16 Å². The molecule has 2 nitrogen and oxygen atoms in total. The topological polar surface area (TPSA) is 21.6 Å². The lowest BCUT2D eigenvalue weighted by atomic mass is 9.94. The second-order valence-corrected chi connectivity index (χ2v) is 2.79. The van der Waals surface area contributed by atoms with E-state index < -0.39 is 0 Å². The molecule has 0 bridgehead atoms. The highest BCUT2D eigenvalue weighted by Crippen LogP contribution is 2.25. The van der Waals surface area contributed by atoms with Crippen LogP contribution in [0, 0.1) is 0 Å². The van der Waals surface area contributed by atoms with Crippen molar-refractivity contribution in [2.75, 3.05) is 0 Å². The Morgan fingerprint density at radius 2 is 2.08 bits per heavy atom. The SMILES string of the molecule is [B]C1=NOC(c2ccccc2)C1. The minimum Gasteiger partial charge on any atom is -0.388 e. The fraction of sp³-hybridized carbons (Fsp3) is 0.222. The highest BCUT2D eigenvalue weighted by atomic mass is 16.6. The average molecular weight is 157 g/mol. The summed E-state index contributed by atoms with van der Waals surface area (Å²) in [5, 5.41) is 3.69. The van der Waals surface area contributed by atoms with Crippen LogP contribution in [0.15, 0.2) is 35.5 Å². The van der Waals surface area contributed by atoms with Crippen molar-refractivity contribution >= 4 is 13.5 Å². The molecule has 0 aromatic heterocycles. The molecule has 3 heteroatoms. The van der Waals surface area contributed by atoms with Gasteiger partial charge in [0.2, 0.25) is 0 Å². The number of oxime groups is 1. The van der Waals surface area contributed by atoms with Crippen molar-refractivity contribution in [3.8, 4) is 0 Å². The van der Waals surface area contributed by atoms with Crippen molar-refractivity contribution in [3.63, 3.8) is 0 Å². The predicted octanol–water partition coefficient (Wildman–Crippen LogP) is 1.63. The number of hydrogen-bond donors (Lipinski definition) is 0. The molecule has 1 aromatic rings. The molecule has 0 saturated carbocycles. The fourth-order valence-corrected chi connectivity index (χ4v) is 1.24. The van der Waals surface area contributed by atoms with E-state index in [4.69, 9.17) is 12.7 Å². The highest BCUT2D eigenvalue weighted by molar-refractivity contribution is 6.59. The molecule has 2 radical (unpaired) electrons. The van der Waals surface area contributed by atoms with Crippen molar-refractivity contribution < 1.29 is 4.84 Å². The second kappa shape index (κ2) is 3.01. The first-order chi connectivity index (χ1) is 5.86. The lowest BCUT2D eigenvalue weighted by molar-refractivity contribution is 0.0858. The predicted molar refractivity (Wildman–Crippen MR) is 48.1 cm³/mol. The maximum atomic E-state index is 5.49. The first-order valence-electron chi connectivity index (χ1n) is 3.89. The number of hydrogen-bond acceptors (Lipinski definition) is 2. The summed E-state index contributed by atoms with van der Waals surface area (Å²) in [6.07, 6.45) is 0.718. The summed E-state index contributed by atoms with van der Waals surface area (Å²) in [6, 6.07) is 9.96. The molecule has 0 N–H and O–H groups in total. The maximum absolute atomic E-state index is 5.49. The molecular weight excluding hydrogens is 149 g/mol. The van der Waals surface area contributed by atoms with Crippen LogP contribution < -0.4 is 0 Å². The maximum Gasteiger partial charge on any atom is 0.156 e. The second-order valence-electron chi connectivity index (χ2n) is 2.79. The third-order valence-electron chi connectivity index (χ3n) is 1.86. The van der Waals surface area contributed by atoms with Crippen molar-refractivity contribution in [3.05, 3.63) is 35.9 Å². The molecule has 1 unspecified atom stereocenters. The summed E-state index contributed by atoms with van der Waals surface area (Å²) in [5.41, 5.74) is 1.70. The monoisotopic (exact) mass is 157 g/mol. The zero-order chi connectivity index (χ0) is 8.39. The molecule has 0 spiro atoms. The van der Waals surface area contributed by atoms with Crippen molar-refractivity contribution in [2.24, 2.45) is 5.16 Å². The van der Waals surface area contributed by atoms with Gasteiger partial charge in [0.25, 0.3) is 0 Å². The molecule has 1 atom stereocenters. The Bertz CT molecular complexity index is 297. The van der Waals surface area contributed by atoms with E-state index in [-0.39, 0.29) is 6.10 Å². The highest BCUT2D eigenvalue weighted by Gasteiger charge is 2.18. The van der Waals surface area contributed by atoms with E-state index in [1.165, 1.54) is 0 Å². The van der Waals surface area contributed by atoms with Gasteiger partial charge in [-0.05, 0) is 5.56 Å². The quantitative estimate of drug-likeness (QED) is 0.567. The summed E-state index contributed by atoms with van der Waals surface area (Å²) in [4.78, 5) is 5.11. The lowest BCUT2D eigenvalue weighted by Gasteiger charge is -2.06. The molecular formula is C9H8BNO. The molecule has 1 aliphatic rings. The van der Waals surface area contributed by atoms with E-state index in [0.717, 1.165) is 5.56 Å². The zero-order valence-corrected chi connectivity index (χ0v) is 6.60. The van der Waals surface area contributed by atoms with E-state index in [1.807, 2.05) is 30.3 Å². The minimum absolute atomic E-state index is 0.0196. The Kier molecular flexibility index (Phi) is 1.86. The third kappa shape index (κ3) is 1.35. The Labute approximate surface area is 72.6 Å². The van der Waals surface area contributed by atoms with E-state index in [1.54, 1.807) is 0 Å². The summed E-state index contributed by atoms with van der Waals surface area (Å²) in [5.74, 6) is 0. The summed E-state index contributed by atoms with van der Waals surface area (Å²) in [6.45, 7) is 0. The van der Waals surface area contributed by atoms with Crippen LogP contribution in [0.4, 0.5) is 0 Å². The minimum atomic E-state index is 0.0196. The molecule has 0 fully saturated rings. The van der Waals surface area contributed by atoms with E-state index in [9.17, 15) is 0 Å². The summed E-state index contributed by atoms with van der Waals surface area (Å²) < 4.78 is 0. The largest absolute Gasteiger partial charge is 0.388 e. The summed E-state index contributed by atoms with van der Waals surface area (Å²) in [7, 11) is 5.49. The Morgan fingerprint density at radius 3 is 2.67 bits per heavy atom. The third-order valence-corrected chi connectivity index (χ3v) is 1.86. The van der Waals surface area contributed by atoms with Crippen LogP contribution in [-0.2, 0) is 4.84 Å². The summed E-state index contributed by atoms with van der Waals surface area (Å²) >= 11 is 0. The first kappa shape index (κ1) is 7.41. The van der Waals surface area contributed by atoms with Gasteiger partial charge in [-0.15, -0.1) is 5.16 Å². The molecule has 1 heterocycles. The van der Waals surface area contributed by atoms with Crippen LogP contribution in [0.2, 0.25) is 0 Å². The molecule has 58 valence electrons.